The van der Waals surface area contributed by atoms with Crippen molar-refractivity contribution in [1.29, 1.82) is 0 Å². The third kappa shape index (κ3) is 4.81. The van der Waals surface area contributed by atoms with E-state index in [2.05, 4.69) is 15.2 Å². The lowest BCUT2D eigenvalue weighted by molar-refractivity contribution is 0.0137. The molecule has 9 heteroatoms. The van der Waals surface area contributed by atoms with Crippen molar-refractivity contribution in [3.05, 3.63) is 0 Å². The fraction of sp³-hybridized carbons (Fsp3) is 0.882. The Labute approximate surface area is 155 Å². The van der Waals surface area contributed by atoms with Gasteiger partial charge in [-0.3, -0.25) is 4.99 Å². The van der Waals surface area contributed by atoms with E-state index in [4.69, 9.17) is 4.74 Å². The molecule has 148 valence electrons. The van der Waals surface area contributed by atoms with Gasteiger partial charge in [0, 0.05) is 37.8 Å². The quantitative estimate of drug-likeness (QED) is 0.764. The number of fused-ring (bicyclic) bond motifs is 1. The molecule has 26 heavy (non-hydrogen) atoms. The smallest absolute Gasteiger partial charge is 0.410 e. The van der Waals surface area contributed by atoms with Gasteiger partial charge in [0.15, 0.2) is 5.96 Å². The molecule has 1 amide bonds. The lowest BCUT2D eigenvalue weighted by Gasteiger charge is -2.39. The topological polar surface area (TPSA) is 91.3 Å². The van der Waals surface area contributed by atoms with Crippen molar-refractivity contribution < 1.29 is 17.9 Å². The summed E-state index contributed by atoms with van der Waals surface area (Å²) in [5.41, 5.74) is -0.627. The van der Waals surface area contributed by atoms with Crippen molar-refractivity contribution in [2.75, 3.05) is 44.7 Å². The highest BCUT2D eigenvalue weighted by atomic mass is 32.2. The number of guanidine groups is 1. The van der Waals surface area contributed by atoms with Crippen LogP contribution in [0.15, 0.2) is 4.99 Å². The SMILES string of the molecule is CC(C)(C)OC(=O)N1CCN2C(NCC3(CS(C)(=O)=O)CC3)=NCC2C1. The summed E-state index contributed by atoms with van der Waals surface area (Å²) in [6, 6.07) is 0.156. The summed E-state index contributed by atoms with van der Waals surface area (Å²) in [5.74, 6) is 1.06. The van der Waals surface area contributed by atoms with Crippen LogP contribution < -0.4 is 5.32 Å². The second-order valence-electron chi connectivity index (χ2n) is 8.86. The average molecular weight is 387 g/mol. The number of amides is 1. The van der Waals surface area contributed by atoms with Crippen LogP contribution in [0, 0.1) is 5.41 Å². The Morgan fingerprint density at radius 1 is 1.35 bits per heavy atom. The van der Waals surface area contributed by atoms with Crippen LogP contribution in [-0.2, 0) is 14.6 Å². The first-order valence-corrected chi connectivity index (χ1v) is 11.2. The number of sulfone groups is 1. The minimum Gasteiger partial charge on any atom is -0.444 e. The molecule has 1 atom stereocenters. The Balaban J connectivity index is 1.51. The predicted octanol–water partition coefficient (Wildman–Crippen LogP) is 0.692. The van der Waals surface area contributed by atoms with E-state index in [9.17, 15) is 13.2 Å². The molecule has 8 nitrogen and oxygen atoms in total. The number of nitrogens with one attached hydrogen (secondary N) is 1. The molecule has 0 spiro atoms. The second kappa shape index (κ2) is 6.58. The van der Waals surface area contributed by atoms with E-state index in [0.717, 1.165) is 18.8 Å². The van der Waals surface area contributed by atoms with Crippen LogP contribution in [0.25, 0.3) is 0 Å². The summed E-state index contributed by atoms with van der Waals surface area (Å²) in [4.78, 5) is 20.8. The van der Waals surface area contributed by atoms with Crippen molar-refractivity contribution in [1.82, 2.24) is 15.1 Å². The van der Waals surface area contributed by atoms with Gasteiger partial charge in [0.05, 0.1) is 18.3 Å². The van der Waals surface area contributed by atoms with E-state index in [1.54, 1.807) is 4.90 Å². The number of nitrogens with zero attached hydrogens (tertiary/aromatic N) is 3. The van der Waals surface area contributed by atoms with Crippen LogP contribution in [0.3, 0.4) is 0 Å². The van der Waals surface area contributed by atoms with Gasteiger partial charge in [-0.25, -0.2) is 13.2 Å². The molecular formula is C17H30N4O4S. The summed E-state index contributed by atoms with van der Waals surface area (Å²) in [5, 5.41) is 3.37. The molecule has 0 radical (unpaired) electrons. The molecule has 2 aliphatic heterocycles. The zero-order valence-electron chi connectivity index (χ0n) is 16.1. The number of hydrogen-bond donors (Lipinski definition) is 1. The zero-order valence-corrected chi connectivity index (χ0v) is 16.9. The van der Waals surface area contributed by atoms with E-state index < -0.39 is 15.4 Å². The van der Waals surface area contributed by atoms with Gasteiger partial charge in [-0.15, -0.1) is 0 Å². The highest BCUT2D eigenvalue weighted by molar-refractivity contribution is 7.90. The van der Waals surface area contributed by atoms with Crippen LogP contribution in [-0.4, -0.2) is 86.6 Å². The van der Waals surface area contributed by atoms with Crippen LogP contribution in [0.4, 0.5) is 4.79 Å². The van der Waals surface area contributed by atoms with Crippen molar-refractivity contribution in [2.45, 2.75) is 45.3 Å². The Morgan fingerprint density at radius 2 is 2.04 bits per heavy atom. The van der Waals surface area contributed by atoms with Gasteiger partial charge in [0.25, 0.3) is 0 Å². The molecule has 1 aliphatic carbocycles. The Kier molecular flexibility index (Phi) is 4.87. The van der Waals surface area contributed by atoms with Crippen molar-refractivity contribution >= 4 is 21.9 Å². The molecule has 0 aromatic carbocycles. The maximum Gasteiger partial charge on any atom is 0.410 e. The van der Waals surface area contributed by atoms with Crippen molar-refractivity contribution in [2.24, 2.45) is 10.4 Å². The maximum atomic E-state index is 12.3. The molecule has 3 aliphatic rings. The van der Waals surface area contributed by atoms with Crippen LogP contribution in [0.5, 0.6) is 0 Å². The van der Waals surface area contributed by atoms with Gasteiger partial charge >= 0.3 is 6.09 Å². The summed E-state index contributed by atoms with van der Waals surface area (Å²) in [7, 11) is -2.97. The number of carbonyl (C=O) groups excluding carboxylic acids is 1. The van der Waals surface area contributed by atoms with E-state index in [1.807, 2.05) is 20.8 Å². The molecule has 0 aromatic heterocycles. The average Bonchev–Trinajstić information content (AvgIpc) is 3.11. The Hall–Kier alpha value is -1.51. The number of ether oxygens (including phenoxy) is 1. The summed E-state index contributed by atoms with van der Waals surface area (Å²) in [6.07, 6.45) is 2.90. The normalized spacial score (nSPS) is 24.8. The molecule has 2 heterocycles. The lowest BCUT2D eigenvalue weighted by atomic mass is 10.1. The zero-order chi connectivity index (χ0) is 19.2. The van der Waals surface area contributed by atoms with Gasteiger partial charge in [-0.05, 0) is 33.6 Å². The van der Waals surface area contributed by atoms with E-state index in [-0.39, 0.29) is 23.3 Å². The fourth-order valence-corrected chi connectivity index (χ4v) is 5.10. The first kappa shape index (κ1) is 19.3. The first-order valence-electron chi connectivity index (χ1n) is 9.17. The van der Waals surface area contributed by atoms with Gasteiger partial charge in [-0.2, -0.15) is 0 Å². The van der Waals surface area contributed by atoms with Crippen molar-refractivity contribution in [3.8, 4) is 0 Å². The molecule has 0 aromatic rings. The second-order valence-corrected chi connectivity index (χ2v) is 11.0. The van der Waals surface area contributed by atoms with Crippen LogP contribution in [0.2, 0.25) is 0 Å². The Morgan fingerprint density at radius 3 is 2.62 bits per heavy atom. The number of aliphatic imine (C=N–C) groups is 1. The first-order chi connectivity index (χ1) is 12.0. The van der Waals surface area contributed by atoms with E-state index in [0.29, 0.717) is 32.7 Å². The molecule has 3 rings (SSSR count). The van der Waals surface area contributed by atoms with Crippen LogP contribution in [0.1, 0.15) is 33.6 Å². The lowest BCUT2D eigenvalue weighted by Crippen LogP contribution is -2.58. The third-order valence-electron chi connectivity index (χ3n) is 5.01. The molecule has 0 bridgehead atoms. The minimum atomic E-state index is -2.97. The molecule has 1 unspecified atom stereocenters. The van der Waals surface area contributed by atoms with Gasteiger partial charge in [0.1, 0.15) is 15.4 Å². The molecule has 1 N–H and O–H groups in total. The summed E-state index contributed by atoms with van der Waals surface area (Å²) >= 11 is 0. The standard InChI is InChI=1S/C17H30N4O4S/c1-16(2,3)25-15(22)20-7-8-21-13(10-20)9-18-14(21)19-11-17(5-6-17)12-26(4,23)24/h13H,5-12H2,1-4H3,(H,18,19). The number of rotatable bonds is 4. The molecular weight excluding hydrogens is 356 g/mol. The third-order valence-corrected chi connectivity index (χ3v) is 6.14. The fourth-order valence-electron chi connectivity index (χ4n) is 3.59. The summed E-state index contributed by atoms with van der Waals surface area (Å²) in [6.45, 7) is 8.77. The largest absolute Gasteiger partial charge is 0.444 e. The Bertz CT molecular complexity index is 694. The molecule has 2 fully saturated rings. The highest BCUT2D eigenvalue weighted by Crippen LogP contribution is 2.46. The van der Waals surface area contributed by atoms with Gasteiger partial charge < -0.3 is 19.9 Å². The maximum absolute atomic E-state index is 12.3. The molecule has 1 saturated carbocycles. The van der Waals surface area contributed by atoms with E-state index >= 15 is 0 Å². The minimum absolute atomic E-state index is 0.132. The number of carbonyl (C=O) groups is 1. The number of piperazine rings is 1. The summed E-state index contributed by atoms with van der Waals surface area (Å²) < 4.78 is 28.6. The predicted molar refractivity (Wildman–Crippen MR) is 100.0 cm³/mol. The number of hydrogen-bond acceptors (Lipinski definition) is 7. The van der Waals surface area contributed by atoms with Gasteiger partial charge in [-0.1, -0.05) is 0 Å². The monoisotopic (exact) mass is 386 g/mol. The van der Waals surface area contributed by atoms with Crippen LogP contribution >= 0.6 is 0 Å². The highest BCUT2D eigenvalue weighted by Gasteiger charge is 2.46. The molecule has 1 saturated heterocycles. The van der Waals surface area contributed by atoms with Crippen molar-refractivity contribution in [3.63, 3.8) is 0 Å². The van der Waals surface area contributed by atoms with Gasteiger partial charge in [0.2, 0.25) is 0 Å². The van der Waals surface area contributed by atoms with E-state index in [1.165, 1.54) is 6.26 Å².